The first-order chi connectivity index (χ1) is 19.6. The fourth-order valence-electron chi connectivity index (χ4n) is 5.87. The van der Waals surface area contributed by atoms with Crippen molar-refractivity contribution in [3.63, 3.8) is 0 Å². The van der Waals surface area contributed by atoms with Gasteiger partial charge in [0.15, 0.2) is 0 Å². The summed E-state index contributed by atoms with van der Waals surface area (Å²) in [6, 6.07) is 16.1. The van der Waals surface area contributed by atoms with Gasteiger partial charge in [-0.05, 0) is 87.5 Å². The summed E-state index contributed by atoms with van der Waals surface area (Å²) in [7, 11) is 0. The second kappa shape index (κ2) is 12.4. The zero-order valence-corrected chi connectivity index (χ0v) is 26.5. The average molecular weight is 579 g/mol. The summed E-state index contributed by atoms with van der Waals surface area (Å²) in [5, 5.41) is 3.64. The van der Waals surface area contributed by atoms with E-state index < -0.39 is 5.60 Å². The van der Waals surface area contributed by atoms with Crippen LogP contribution in [0.4, 0.5) is 21.0 Å². The minimum Gasteiger partial charge on any atom is -0.445 e. The number of piperidine rings is 1. The fourth-order valence-corrected chi connectivity index (χ4v) is 5.87. The smallest absolute Gasteiger partial charge is 0.410 e. The number of nitrogens with one attached hydrogen (secondary N) is 1. The molecule has 2 aromatic rings. The van der Waals surface area contributed by atoms with E-state index >= 15 is 0 Å². The van der Waals surface area contributed by atoms with Crippen molar-refractivity contribution in [1.29, 1.82) is 0 Å². The van der Waals surface area contributed by atoms with Crippen molar-refractivity contribution < 1.29 is 19.1 Å². The third kappa shape index (κ3) is 8.11. The monoisotopic (exact) mass is 578 g/mol. The van der Waals surface area contributed by atoms with Crippen LogP contribution in [-0.4, -0.2) is 52.8 Å². The van der Waals surface area contributed by atoms with Crippen molar-refractivity contribution >= 4 is 23.6 Å². The van der Waals surface area contributed by atoms with Gasteiger partial charge in [0.2, 0.25) is 0 Å². The number of anilines is 2. The number of nitrogens with zero attached hydrogens (tertiary/aromatic N) is 2. The number of rotatable bonds is 7. The summed E-state index contributed by atoms with van der Waals surface area (Å²) in [6.07, 6.45) is 3.60. The Morgan fingerprint density at radius 3 is 2.24 bits per heavy atom. The highest BCUT2D eigenvalue weighted by molar-refractivity contribution is 5.70. The molecular formula is C34H50N4O4. The normalized spacial score (nSPS) is 17.7. The van der Waals surface area contributed by atoms with Gasteiger partial charge in [-0.25, -0.2) is 9.59 Å². The van der Waals surface area contributed by atoms with Crippen molar-refractivity contribution in [3.05, 3.63) is 59.7 Å². The van der Waals surface area contributed by atoms with Crippen LogP contribution in [-0.2, 0) is 22.6 Å². The van der Waals surface area contributed by atoms with Crippen molar-refractivity contribution in [2.24, 2.45) is 10.8 Å². The first-order valence-corrected chi connectivity index (χ1v) is 15.2. The van der Waals surface area contributed by atoms with Gasteiger partial charge in [0.25, 0.3) is 0 Å². The summed E-state index contributed by atoms with van der Waals surface area (Å²) >= 11 is 0. The lowest BCUT2D eigenvalue weighted by Gasteiger charge is -2.52. The van der Waals surface area contributed by atoms with E-state index in [1.54, 1.807) is 4.90 Å². The molecular weight excluding hydrogens is 528 g/mol. The van der Waals surface area contributed by atoms with Crippen LogP contribution >= 0.6 is 0 Å². The Balaban J connectivity index is 1.32. The van der Waals surface area contributed by atoms with E-state index in [0.717, 1.165) is 55.6 Å². The van der Waals surface area contributed by atoms with Gasteiger partial charge >= 0.3 is 12.2 Å². The molecule has 8 heteroatoms. The van der Waals surface area contributed by atoms with Crippen LogP contribution in [0.15, 0.2) is 48.5 Å². The molecule has 0 aromatic heterocycles. The van der Waals surface area contributed by atoms with Gasteiger partial charge in [-0.1, -0.05) is 57.2 Å². The predicted molar refractivity (Wildman–Crippen MR) is 168 cm³/mol. The van der Waals surface area contributed by atoms with Gasteiger partial charge < -0.3 is 30.3 Å². The summed E-state index contributed by atoms with van der Waals surface area (Å²) < 4.78 is 11.3. The number of amides is 2. The lowest BCUT2D eigenvalue weighted by molar-refractivity contribution is -0.00860. The summed E-state index contributed by atoms with van der Waals surface area (Å²) in [4.78, 5) is 29.3. The minimum atomic E-state index is -0.470. The first kappa shape index (κ1) is 31.5. The zero-order valence-electron chi connectivity index (χ0n) is 26.5. The third-order valence-electron chi connectivity index (χ3n) is 8.82. The van der Waals surface area contributed by atoms with Crippen molar-refractivity contribution in [1.82, 2.24) is 9.80 Å². The van der Waals surface area contributed by atoms with E-state index in [-0.39, 0.29) is 35.7 Å². The second-order valence-corrected chi connectivity index (χ2v) is 14.3. The van der Waals surface area contributed by atoms with E-state index in [9.17, 15) is 9.59 Å². The lowest BCUT2D eigenvalue weighted by Crippen LogP contribution is -2.53. The molecule has 0 unspecified atom stereocenters. The second-order valence-electron chi connectivity index (χ2n) is 14.3. The van der Waals surface area contributed by atoms with E-state index in [0.29, 0.717) is 18.3 Å². The van der Waals surface area contributed by atoms with E-state index in [2.05, 4.69) is 33.0 Å². The molecule has 42 heavy (non-hydrogen) atoms. The number of benzene rings is 2. The molecule has 1 aliphatic carbocycles. The van der Waals surface area contributed by atoms with Crippen LogP contribution in [0.2, 0.25) is 0 Å². The highest BCUT2D eigenvalue weighted by Gasteiger charge is 2.46. The quantitative estimate of drug-likeness (QED) is 0.332. The summed E-state index contributed by atoms with van der Waals surface area (Å²) in [5.74, 6) is 0. The van der Waals surface area contributed by atoms with Crippen LogP contribution in [0.25, 0.3) is 0 Å². The first-order valence-electron chi connectivity index (χ1n) is 15.2. The maximum absolute atomic E-state index is 13.3. The van der Waals surface area contributed by atoms with Crippen LogP contribution < -0.4 is 11.1 Å². The molecule has 1 atom stereocenters. The van der Waals surface area contributed by atoms with E-state index in [4.69, 9.17) is 15.2 Å². The highest BCUT2D eigenvalue weighted by atomic mass is 16.6. The standard InChI is InChI=1S/C34H50N4O4/c1-24(32(2,3)4)38(31(40)41-23-25-11-9-8-10-12-25)22-26-13-14-29(28(35)19-26)36-27-20-34(21-27)15-17-37(18-16-34)30(39)42-33(5,6)7/h8-14,19,24,27,36H,15-18,20-23,35H2,1-7H3/t24-/m0/s1. The number of carbonyl (C=O) groups is 2. The molecule has 1 spiro atoms. The molecule has 230 valence electrons. The number of ether oxygens (including phenoxy) is 2. The fraction of sp³-hybridized carbons (Fsp3) is 0.588. The molecule has 2 fully saturated rings. The van der Waals surface area contributed by atoms with Crippen molar-refractivity contribution in [2.75, 3.05) is 24.1 Å². The number of hydrogen-bond acceptors (Lipinski definition) is 6. The molecule has 1 saturated carbocycles. The molecule has 0 radical (unpaired) electrons. The van der Waals surface area contributed by atoms with Crippen LogP contribution in [0.5, 0.6) is 0 Å². The molecule has 0 bridgehead atoms. The number of likely N-dealkylation sites (tertiary alicyclic amines) is 1. The molecule has 8 nitrogen and oxygen atoms in total. The Kier molecular flexibility index (Phi) is 9.33. The number of hydrogen-bond donors (Lipinski definition) is 2. The van der Waals surface area contributed by atoms with Gasteiger partial charge in [-0.2, -0.15) is 0 Å². The van der Waals surface area contributed by atoms with Gasteiger partial charge in [0.1, 0.15) is 12.2 Å². The average Bonchev–Trinajstić information content (AvgIpc) is 2.90. The number of nitrogen functional groups attached to an aromatic ring is 1. The van der Waals surface area contributed by atoms with E-state index in [1.807, 2.05) is 74.2 Å². The Hall–Kier alpha value is -3.42. The van der Waals surface area contributed by atoms with Crippen LogP contribution in [0.3, 0.4) is 0 Å². The highest BCUT2D eigenvalue weighted by Crippen LogP contribution is 2.50. The molecule has 3 N–H and O–H groups in total. The van der Waals surface area contributed by atoms with Crippen LogP contribution in [0.1, 0.15) is 85.3 Å². The number of carbonyl (C=O) groups excluding carboxylic acids is 2. The minimum absolute atomic E-state index is 0.0484. The molecule has 2 aromatic carbocycles. The SMILES string of the molecule is C[C@H](N(Cc1ccc(NC2CC3(CCN(C(=O)OC(C)(C)C)CC3)C2)c(N)c1)C(=O)OCc1ccccc1)C(C)(C)C. The summed E-state index contributed by atoms with van der Waals surface area (Å²) in [6.45, 7) is 16.3. The van der Waals surface area contributed by atoms with Gasteiger partial charge in [0.05, 0.1) is 11.4 Å². The predicted octanol–water partition coefficient (Wildman–Crippen LogP) is 7.43. The Morgan fingerprint density at radius 2 is 1.67 bits per heavy atom. The molecule has 4 rings (SSSR count). The molecule has 1 aliphatic heterocycles. The van der Waals surface area contributed by atoms with Gasteiger partial charge in [-0.3, -0.25) is 0 Å². The Bertz CT molecular complexity index is 1220. The van der Waals surface area contributed by atoms with E-state index in [1.165, 1.54) is 0 Å². The molecule has 2 aliphatic rings. The third-order valence-corrected chi connectivity index (χ3v) is 8.82. The maximum Gasteiger partial charge on any atom is 0.410 e. The molecule has 2 amide bonds. The largest absolute Gasteiger partial charge is 0.445 e. The van der Waals surface area contributed by atoms with Gasteiger partial charge in [0, 0.05) is 31.7 Å². The Labute approximate surface area is 251 Å². The van der Waals surface area contributed by atoms with Crippen LogP contribution in [0, 0.1) is 10.8 Å². The van der Waals surface area contributed by atoms with Gasteiger partial charge in [-0.15, -0.1) is 0 Å². The number of nitrogens with two attached hydrogens (primary N) is 1. The zero-order chi connectivity index (χ0) is 30.7. The Morgan fingerprint density at radius 1 is 1.02 bits per heavy atom. The maximum atomic E-state index is 13.3. The topological polar surface area (TPSA) is 97.1 Å². The summed E-state index contributed by atoms with van der Waals surface area (Å²) in [5.41, 5.74) is 9.73. The lowest BCUT2D eigenvalue weighted by atomic mass is 9.60. The molecule has 1 heterocycles. The van der Waals surface area contributed by atoms with Crippen molar-refractivity contribution in [2.45, 2.75) is 105 Å². The van der Waals surface area contributed by atoms with Crippen molar-refractivity contribution in [3.8, 4) is 0 Å². The molecule has 1 saturated heterocycles.